The minimum Gasteiger partial charge on any atom is -0.329 e. The molecule has 122 valence electrons. The molecule has 21 heavy (non-hydrogen) atoms. The summed E-state index contributed by atoms with van der Waals surface area (Å²) in [4.78, 5) is 7.99. The van der Waals surface area contributed by atoms with Gasteiger partial charge in [0.05, 0.1) is 0 Å². The molecular weight excluding hydrogens is 260 g/mol. The van der Waals surface area contributed by atoms with E-state index in [0.29, 0.717) is 0 Å². The van der Waals surface area contributed by atoms with E-state index >= 15 is 0 Å². The first kappa shape index (κ1) is 15.7. The smallest absolute Gasteiger partial charge is 0.0458 e. The summed E-state index contributed by atoms with van der Waals surface area (Å²) in [5.74, 6) is 0. The molecule has 1 unspecified atom stereocenters. The fourth-order valence-electron chi connectivity index (χ4n) is 4.88. The van der Waals surface area contributed by atoms with Gasteiger partial charge < -0.3 is 15.5 Å². The third-order valence-electron chi connectivity index (χ3n) is 6.17. The monoisotopic (exact) mass is 294 g/mol. The number of piperidine rings is 3. The molecule has 0 saturated carbocycles. The zero-order valence-electron chi connectivity index (χ0n) is 13.9. The van der Waals surface area contributed by atoms with E-state index in [9.17, 15) is 0 Å². The Morgan fingerprint density at radius 3 is 2.29 bits per heavy atom. The maximum atomic E-state index is 6.23. The Kier molecular flexibility index (Phi) is 5.20. The molecule has 3 rings (SSSR count). The minimum absolute atomic E-state index is 0.264. The van der Waals surface area contributed by atoms with E-state index in [1.165, 1.54) is 77.7 Å². The van der Waals surface area contributed by atoms with E-state index in [4.69, 9.17) is 5.73 Å². The van der Waals surface area contributed by atoms with Crippen molar-refractivity contribution in [2.24, 2.45) is 5.73 Å². The van der Waals surface area contributed by atoms with Crippen molar-refractivity contribution in [2.45, 2.75) is 56.5 Å². The molecule has 2 N–H and O–H groups in total. The van der Waals surface area contributed by atoms with Gasteiger partial charge in [-0.2, -0.15) is 0 Å². The van der Waals surface area contributed by atoms with Gasteiger partial charge in [-0.3, -0.25) is 4.90 Å². The average Bonchev–Trinajstić information content (AvgIpc) is 2.56. The highest BCUT2D eigenvalue weighted by atomic mass is 15.3. The second kappa shape index (κ2) is 6.95. The quantitative estimate of drug-likeness (QED) is 0.852. The molecule has 0 spiro atoms. The highest BCUT2D eigenvalue weighted by molar-refractivity contribution is 4.99. The first-order valence-electron chi connectivity index (χ1n) is 9.11. The molecule has 0 amide bonds. The van der Waals surface area contributed by atoms with Gasteiger partial charge in [-0.15, -0.1) is 0 Å². The summed E-state index contributed by atoms with van der Waals surface area (Å²) in [5, 5.41) is 0. The first-order valence-corrected chi connectivity index (χ1v) is 9.11. The van der Waals surface area contributed by atoms with Crippen LogP contribution in [0, 0.1) is 0 Å². The Morgan fingerprint density at radius 1 is 0.952 bits per heavy atom. The Morgan fingerprint density at radius 2 is 1.67 bits per heavy atom. The summed E-state index contributed by atoms with van der Waals surface area (Å²) >= 11 is 0. The van der Waals surface area contributed by atoms with Crippen molar-refractivity contribution in [3.8, 4) is 0 Å². The molecule has 0 aromatic heterocycles. The number of likely N-dealkylation sites (tertiary alicyclic amines) is 3. The molecule has 4 nitrogen and oxygen atoms in total. The predicted octanol–water partition coefficient (Wildman–Crippen LogP) is 1.36. The molecule has 3 saturated heterocycles. The van der Waals surface area contributed by atoms with Gasteiger partial charge in [0.2, 0.25) is 0 Å². The predicted molar refractivity (Wildman–Crippen MR) is 88.5 cm³/mol. The van der Waals surface area contributed by atoms with Gasteiger partial charge in [0, 0.05) is 37.8 Å². The summed E-state index contributed by atoms with van der Waals surface area (Å²) in [5.41, 5.74) is 6.49. The normalized spacial score (nSPS) is 35.1. The van der Waals surface area contributed by atoms with Gasteiger partial charge in [0.15, 0.2) is 0 Å². The third kappa shape index (κ3) is 3.44. The molecule has 0 aliphatic carbocycles. The van der Waals surface area contributed by atoms with Gasteiger partial charge in [-0.1, -0.05) is 6.42 Å². The number of nitrogens with two attached hydrogens (primary N) is 1. The van der Waals surface area contributed by atoms with Gasteiger partial charge in [0.1, 0.15) is 0 Å². The van der Waals surface area contributed by atoms with Crippen LogP contribution in [0.15, 0.2) is 0 Å². The van der Waals surface area contributed by atoms with Crippen molar-refractivity contribution in [1.82, 2.24) is 14.7 Å². The molecule has 0 aromatic rings. The molecule has 4 heteroatoms. The maximum Gasteiger partial charge on any atom is 0.0458 e. The van der Waals surface area contributed by atoms with Crippen LogP contribution >= 0.6 is 0 Å². The van der Waals surface area contributed by atoms with E-state index in [1.54, 1.807) is 0 Å². The molecule has 3 aliphatic rings. The summed E-state index contributed by atoms with van der Waals surface area (Å²) in [6, 6.07) is 0.845. The van der Waals surface area contributed by atoms with Crippen molar-refractivity contribution in [3.63, 3.8) is 0 Å². The van der Waals surface area contributed by atoms with Gasteiger partial charge in [-0.25, -0.2) is 0 Å². The van der Waals surface area contributed by atoms with Gasteiger partial charge in [-0.05, 0) is 65.2 Å². The van der Waals surface area contributed by atoms with E-state index in [0.717, 1.165) is 19.1 Å². The largest absolute Gasteiger partial charge is 0.329 e. The molecule has 0 aromatic carbocycles. The number of nitrogens with zero attached hydrogens (tertiary/aromatic N) is 3. The van der Waals surface area contributed by atoms with Crippen molar-refractivity contribution >= 4 is 0 Å². The van der Waals surface area contributed by atoms with Gasteiger partial charge >= 0.3 is 0 Å². The van der Waals surface area contributed by atoms with Crippen LogP contribution in [0.25, 0.3) is 0 Å². The molecule has 0 bridgehead atoms. The molecule has 3 heterocycles. The van der Waals surface area contributed by atoms with Crippen molar-refractivity contribution < 1.29 is 0 Å². The number of likely N-dealkylation sites (N-methyl/N-ethyl adjacent to an activating group) is 1. The highest BCUT2D eigenvalue weighted by Gasteiger charge is 2.40. The lowest BCUT2D eigenvalue weighted by molar-refractivity contribution is -0.00901. The van der Waals surface area contributed by atoms with Crippen LogP contribution in [0.3, 0.4) is 0 Å². The van der Waals surface area contributed by atoms with Crippen LogP contribution in [0.5, 0.6) is 0 Å². The van der Waals surface area contributed by atoms with Gasteiger partial charge in [0.25, 0.3) is 0 Å². The lowest BCUT2D eigenvalue weighted by Crippen LogP contribution is -2.64. The number of hydrogen-bond donors (Lipinski definition) is 1. The van der Waals surface area contributed by atoms with Crippen LogP contribution in [0.2, 0.25) is 0 Å². The summed E-state index contributed by atoms with van der Waals surface area (Å²) < 4.78 is 0. The molecule has 3 aliphatic heterocycles. The van der Waals surface area contributed by atoms with E-state index in [1.807, 2.05) is 0 Å². The Bertz CT molecular complexity index is 321. The Labute approximate surface area is 130 Å². The summed E-state index contributed by atoms with van der Waals surface area (Å²) in [6.07, 6.45) is 9.58. The first-order chi connectivity index (χ1) is 10.2. The standard InChI is InChI=1S/C17H34N4/c1-19-9-5-8-17(14-18,15-19)21-12-6-16(7-13-21)20-10-3-2-4-11-20/h16H,2-15,18H2,1H3. The van der Waals surface area contributed by atoms with E-state index in [-0.39, 0.29) is 5.54 Å². The van der Waals surface area contributed by atoms with Crippen LogP contribution in [-0.4, -0.2) is 79.1 Å². The zero-order chi connectivity index (χ0) is 14.7. The Balaban J connectivity index is 1.56. The van der Waals surface area contributed by atoms with Crippen molar-refractivity contribution in [3.05, 3.63) is 0 Å². The van der Waals surface area contributed by atoms with Crippen molar-refractivity contribution in [2.75, 3.05) is 52.9 Å². The Hall–Kier alpha value is -0.160. The zero-order valence-corrected chi connectivity index (χ0v) is 13.9. The molecule has 1 atom stereocenters. The van der Waals surface area contributed by atoms with Crippen LogP contribution < -0.4 is 5.73 Å². The van der Waals surface area contributed by atoms with Crippen LogP contribution in [-0.2, 0) is 0 Å². The maximum absolute atomic E-state index is 6.23. The summed E-state index contributed by atoms with van der Waals surface area (Å²) in [7, 11) is 2.25. The topological polar surface area (TPSA) is 35.7 Å². The van der Waals surface area contributed by atoms with Crippen LogP contribution in [0.1, 0.15) is 44.9 Å². The minimum atomic E-state index is 0.264. The number of rotatable bonds is 3. The lowest BCUT2D eigenvalue weighted by atomic mass is 9.85. The molecule has 0 radical (unpaired) electrons. The van der Waals surface area contributed by atoms with E-state index in [2.05, 4.69) is 21.7 Å². The molecule has 3 fully saturated rings. The lowest BCUT2D eigenvalue weighted by Gasteiger charge is -2.52. The van der Waals surface area contributed by atoms with Crippen LogP contribution in [0.4, 0.5) is 0 Å². The second-order valence-electron chi connectivity index (χ2n) is 7.58. The SMILES string of the molecule is CN1CCCC(CN)(N2CCC(N3CCCCC3)CC2)C1. The van der Waals surface area contributed by atoms with Crippen molar-refractivity contribution in [1.29, 1.82) is 0 Å². The second-order valence-corrected chi connectivity index (χ2v) is 7.58. The fourth-order valence-corrected chi connectivity index (χ4v) is 4.88. The van der Waals surface area contributed by atoms with E-state index < -0.39 is 0 Å². The average molecular weight is 294 g/mol. The third-order valence-corrected chi connectivity index (χ3v) is 6.17. The fraction of sp³-hybridized carbons (Fsp3) is 1.00. The highest BCUT2D eigenvalue weighted by Crippen LogP contribution is 2.30. The molecular formula is C17H34N4. The summed E-state index contributed by atoms with van der Waals surface area (Å²) in [6.45, 7) is 8.43. The number of hydrogen-bond acceptors (Lipinski definition) is 4.